The highest BCUT2D eigenvalue weighted by molar-refractivity contribution is 5.27. The monoisotopic (exact) mass is 270 g/mol. The van der Waals surface area contributed by atoms with Crippen molar-refractivity contribution in [2.24, 2.45) is 5.73 Å². The lowest BCUT2D eigenvalue weighted by molar-refractivity contribution is 0.240. The number of fused-ring (bicyclic) bond motifs is 1. The quantitative estimate of drug-likeness (QED) is 0.864. The first kappa shape index (κ1) is 13.0. The Morgan fingerprint density at radius 2 is 2.10 bits per heavy atom. The van der Waals surface area contributed by atoms with Gasteiger partial charge in [-0.05, 0) is 17.5 Å². The van der Waals surface area contributed by atoms with Gasteiger partial charge in [0.1, 0.15) is 0 Å². The summed E-state index contributed by atoms with van der Waals surface area (Å²) >= 11 is 0. The number of hydrogen-bond acceptors (Lipinski definition) is 4. The molecule has 3 N–H and O–H groups in total. The van der Waals surface area contributed by atoms with Crippen molar-refractivity contribution in [3.63, 3.8) is 0 Å². The van der Waals surface area contributed by atoms with Gasteiger partial charge in [0, 0.05) is 31.9 Å². The second-order valence-electron chi connectivity index (χ2n) is 5.10. The van der Waals surface area contributed by atoms with Gasteiger partial charge in [-0.3, -0.25) is 4.90 Å². The highest BCUT2D eigenvalue weighted by Gasteiger charge is 2.20. The molecular formula is C15H18N4O. The summed E-state index contributed by atoms with van der Waals surface area (Å²) in [5, 5.41) is 0. The van der Waals surface area contributed by atoms with Gasteiger partial charge in [-0.15, -0.1) is 0 Å². The molecule has 2 heterocycles. The number of nitrogens with two attached hydrogens (primary N) is 1. The molecule has 1 aliphatic heterocycles. The zero-order valence-corrected chi connectivity index (χ0v) is 11.3. The number of rotatable bonds is 3. The minimum atomic E-state index is -0.300. The van der Waals surface area contributed by atoms with Crippen LogP contribution in [0.1, 0.15) is 22.5 Å². The van der Waals surface area contributed by atoms with Gasteiger partial charge in [-0.1, -0.05) is 30.3 Å². The fraction of sp³-hybridized carbons (Fsp3) is 0.333. The summed E-state index contributed by atoms with van der Waals surface area (Å²) in [6, 6.07) is 10.4. The average molecular weight is 270 g/mol. The van der Waals surface area contributed by atoms with Crippen molar-refractivity contribution in [3.8, 4) is 0 Å². The van der Waals surface area contributed by atoms with E-state index in [9.17, 15) is 4.79 Å². The summed E-state index contributed by atoms with van der Waals surface area (Å²) in [4.78, 5) is 20.7. The second kappa shape index (κ2) is 5.56. The molecule has 1 aromatic carbocycles. The van der Waals surface area contributed by atoms with E-state index in [1.165, 1.54) is 5.56 Å². The minimum Gasteiger partial charge on any atom is -0.325 e. The van der Waals surface area contributed by atoms with Crippen LogP contribution in [0.5, 0.6) is 0 Å². The molecule has 5 nitrogen and oxygen atoms in total. The second-order valence-corrected chi connectivity index (χ2v) is 5.10. The van der Waals surface area contributed by atoms with E-state index in [1.54, 1.807) is 0 Å². The standard InChI is InChI=1S/C15H18N4O/c16-8-13-12-6-7-19(9-11-4-2-1-3-5-11)10-14(12)18-15(20)17-13/h1-5H,6-10,16H2,(H,17,18,20). The number of aromatic amines is 1. The van der Waals surface area contributed by atoms with Crippen molar-refractivity contribution < 1.29 is 0 Å². The number of benzene rings is 1. The Morgan fingerprint density at radius 3 is 2.85 bits per heavy atom. The van der Waals surface area contributed by atoms with Gasteiger partial charge >= 0.3 is 5.69 Å². The van der Waals surface area contributed by atoms with Gasteiger partial charge in [0.2, 0.25) is 0 Å². The van der Waals surface area contributed by atoms with Crippen LogP contribution in [-0.2, 0) is 26.1 Å². The molecule has 0 amide bonds. The molecule has 0 bridgehead atoms. The molecule has 5 heteroatoms. The lowest BCUT2D eigenvalue weighted by Crippen LogP contribution is -2.34. The highest BCUT2D eigenvalue weighted by Crippen LogP contribution is 2.19. The van der Waals surface area contributed by atoms with Crippen LogP contribution in [0.3, 0.4) is 0 Å². The number of hydrogen-bond donors (Lipinski definition) is 2. The third-order valence-electron chi connectivity index (χ3n) is 3.71. The van der Waals surface area contributed by atoms with Gasteiger partial charge in [-0.25, -0.2) is 4.79 Å². The maximum Gasteiger partial charge on any atom is 0.345 e. The third-order valence-corrected chi connectivity index (χ3v) is 3.71. The van der Waals surface area contributed by atoms with Crippen LogP contribution in [0.25, 0.3) is 0 Å². The lowest BCUT2D eigenvalue weighted by Gasteiger charge is -2.29. The Hall–Kier alpha value is -1.98. The van der Waals surface area contributed by atoms with Crippen molar-refractivity contribution in [2.75, 3.05) is 6.54 Å². The Bertz CT molecular complexity index is 651. The first-order valence-corrected chi connectivity index (χ1v) is 6.83. The topological polar surface area (TPSA) is 75.0 Å². The third kappa shape index (κ3) is 2.64. The van der Waals surface area contributed by atoms with Crippen LogP contribution in [0.2, 0.25) is 0 Å². The van der Waals surface area contributed by atoms with Crippen molar-refractivity contribution >= 4 is 0 Å². The van der Waals surface area contributed by atoms with Gasteiger partial charge in [0.25, 0.3) is 0 Å². The Balaban J connectivity index is 1.82. The van der Waals surface area contributed by atoms with Gasteiger partial charge in [0.05, 0.1) is 5.69 Å². The van der Waals surface area contributed by atoms with Crippen LogP contribution < -0.4 is 11.4 Å². The molecule has 0 unspecified atom stereocenters. The van der Waals surface area contributed by atoms with Crippen molar-refractivity contribution in [3.05, 3.63) is 63.3 Å². The maximum absolute atomic E-state index is 11.5. The minimum absolute atomic E-state index is 0.300. The molecule has 20 heavy (non-hydrogen) atoms. The predicted octanol–water partition coefficient (Wildman–Crippen LogP) is 0.787. The van der Waals surface area contributed by atoms with E-state index in [0.29, 0.717) is 6.54 Å². The molecule has 104 valence electrons. The van der Waals surface area contributed by atoms with E-state index >= 15 is 0 Å². The summed E-state index contributed by atoms with van der Waals surface area (Å²) in [6.45, 7) is 2.92. The molecule has 3 rings (SSSR count). The zero-order chi connectivity index (χ0) is 13.9. The van der Waals surface area contributed by atoms with E-state index in [1.807, 2.05) is 18.2 Å². The first-order chi connectivity index (χ1) is 9.76. The van der Waals surface area contributed by atoms with Crippen molar-refractivity contribution in [1.82, 2.24) is 14.9 Å². The lowest BCUT2D eigenvalue weighted by atomic mass is 10.0. The maximum atomic E-state index is 11.5. The molecule has 1 aliphatic rings. The highest BCUT2D eigenvalue weighted by atomic mass is 16.1. The van der Waals surface area contributed by atoms with Gasteiger partial charge in [-0.2, -0.15) is 4.98 Å². The number of aromatic nitrogens is 2. The average Bonchev–Trinajstić information content (AvgIpc) is 2.47. The molecule has 1 aromatic heterocycles. The van der Waals surface area contributed by atoms with Crippen LogP contribution in [0.15, 0.2) is 35.1 Å². The predicted molar refractivity (Wildman–Crippen MR) is 77.0 cm³/mol. The normalized spacial score (nSPS) is 15.1. The Morgan fingerprint density at radius 1 is 1.30 bits per heavy atom. The number of H-pyrrole nitrogens is 1. The summed E-state index contributed by atoms with van der Waals surface area (Å²) in [5.41, 5.74) is 9.48. The van der Waals surface area contributed by atoms with Crippen LogP contribution in [-0.4, -0.2) is 21.4 Å². The molecule has 0 atom stereocenters. The van der Waals surface area contributed by atoms with E-state index in [-0.39, 0.29) is 5.69 Å². The summed E-state index contributed by atoms with van der Waals surface area (Å²) in [5.74, 6) is 0. The molecule has 0 saturated carbocycles. The van der Waals surface area contributed by atoms with Crippen LogP contribution >= 0.6 is 0 Å². The van der Waals surface area contributed by atoms with E-state index in [0.717, 1.165) is 43.0 Å². The molecule has 0 aliphatic carbocycles. The first-order valence-electron chi connectivity index (χ1n) is 6.83. The zero-order valence-electron chi connectivity index (χ0n) is 11.3. The summed E-state index contributed by atoms with van der Waals surface area (Å²) < 4.78 is 0. The number of nitrogens with one attached hydrogen (secondary N) is 1. The fourth-order valence-electron chi connectivity index (χ4n) is 2.74. The van der Waals surface area contributed by atoms with E-state index < -0.39 is 0 Å². The van der Waals surface area contributed by atoms with Crippen molar-refractivity contribution in [2.45, 2.75) is 26.1 Å². The molecule has 0 radical (unpaired) electrons. The van der Waals surface area contributed by atoms with E-state index in [2.05, 4.69) is 27.0 Å². The van der Waals surface area contributed by atoms with Gasteiger partial charge < -0.3 is 10.7 Å². The van der Waals surface area contributed by atoms with Crippen molar-refractivity contribution in [1.29, 1.82) is 0 Å². The summed E-state index contributed by atoms with van der Waals surface area (Å²) in [7, 11) is 0. The molecule has 0 saturated heterocycles. The van der Waals surface area contributed by atoms with Gasteiger partial charge in [0.15, 0.2) is 0 Å². The van der Waals surface area contributed by atoms with Crippen LogP contribution in [0.4, 0.5) is 0 Å². The SMILES string of the molecule is NCc1nc(=O)[nH]c2c1CCN(Cc1ccccc1)C2. The summed E-state index contributed by atoms with van der Waals surface area (Å²) in [6.07, 6.45) is 0.887. The Kier molecular flexibility index (Phi) is 3.62. The molecule has 2 aromatic rings. The number of nitrogens with zero attached hydrogens (tertiary/aromatic N) is 2. The van der Waals surface area contributed by atoms with E-state index in [4.69, 9.17) is 5.73 Å². The molecule has 0 spiro atoms. The fourth-order valence-corrected chi connectivity index (χ4v) is 2.74. The largest absolute Gasteiger partial charge is 0.345 e. The van der Waals surface area contributed by atoms with Crippen LogP contribution in [0, 0.1) is 0 Å². The smallest absolute Gasteiger partial charge is 0.325 e. The molecule has 0 fully saturated rings. The Labute approximate surface area is 117 Å². The molecular weight excluding hydrogens is 252 g/mol.